The number of nitrogens with one attached hydrogen (secondary N) is 2. The summed E-state index contributed by atoms with van der Waals surface area (Å²) < 4.78 is 5.36. The minimum absolute atomic E-state index is 0.111. The van der Waals surface area contributed by atoms with Crippen molar-refractivity contribution in [3.63, 3.8) is 0 Å². The number of rotatable bonds is 9. The van der Waals surface area contributed by atoms with Crippen LogP contribution in [0.4, 0.5) is 11.6 Å². The van der Waals surface area contributed by atoms with Crippen molar-refractivity contribution in [3.8, 4) is 5.75 Å². The van der Waals surface area contributed by atoms with Crippen LogP contribution in [0.2, 0.25) is 5.02 Å². The minimum Gasteiger partial charge on any atom is -0.484 e. The van der Waals surface area contributed by atoms with Gasteiger partial charge in [-0.25, -0.2) is 0 Å². The maximum absolute atomic E-state index is 11.8. The van der Waals surface area contributed by atoms with Crippen LogP contribution in [-0.4, -0.2) is 29.3 Å². The molecule has 0 saturated carbocycles. The quantitative estimate of drug-likeness (QED) is 0.675. The van der Waals surface area contributed by atoms with Crippen LogP contribution in [0.3, 0.4) is 0 Å². The van der Waals surface area contributed by atoms with Gasteiger partial charge in [0.15, 0.2) is 12.4 Å². The monoisotopic (exact) mass is 348 g/mol. The van der Waals surface area contributed by atoms with Crippen LogP contribution in [0, 0.1) is 0 Å². The second-order valence-corrected chi connectivity index (χ2v) is 5.66. The molecule has 0 radical (unpaired) electrons. The highest BCUT2D eigenvalue weighted by Crippen LogP contribution is 2.15. The molecule has 0 bridgehead atoms. The smallest absolute Gasteiger partial charge is 0.263 e. The highest BCUT2D eigenvalue weighted by molar-refractivity contribution is 6.30. The predicted octanol–water partition coefficient (Wildman–Crippen LogP) is 3.75. The van der Waals surface area contributed by atoms with E-state index >= 15 is 0 Å². The Balaban J connectivity index is 1.74. The average Bonchev–Trinajstić information content (AvgIpc) is 2.60. The van der Waals surface area contributed by atoms with Crippen molar-refractivity contribution in [1.82, 2.24) is 10.2 Å². The molecule has 0 aliphatic rings. The van der Waals surface area contributed by atoms with Crippen molar-refractivity contribution in [2.24, 2.45) is 0 Å². The molecule has 1 heterocycles. The Morgan fingerprint density at radius 1 is 1.08 bits per heavy atom. The maximum Gasteiger partial charge on any atom is 0.263 e. The molecule has 128 valence electrons. The van der Waals surface area contributed by atoms with Crippen LogP contribution in [0.1, 0.15) is 26.2 Å². The van der Waals surface area contributed by atoms with Crippen LogP contribution in [0.5, 0.6) is 5.75 Å². The normalized spacial score (nSPS) is 10.2. The summed E-state index contributed by atoms with van der Waals surface area (Å²) in [6, 6.07) is 10.3. The van der Waals surface area contributed by atoms with Gasteiger partial charge in [-0.15, -0.1) is 10.2 Å². The lowest BCUT2D eigenvalue weighted by atomic mass is 10.2. The summed E-state index contributed by atoms with van der Waals surface area (Å²) in [7, 11) is 0. The second-order valence-electron chi connectivity index (χ2n) is 5.23. The fraction of sp³-hybridized carbons (Fsp3) is 0.353. The largest absolute Gasteiger partial charge is 0.484 e. The fourth-order valence-electron chi connectivity index (χ4n) is 1.94. The summed E-state index contributed by atoms with van der Waals surface area (Å²) in [5.74, 6) is 1.36. The Labute approximate surface area is 146 Å². The Kier molecular flexibility index (Phi) is 7.29. The predicted molar refractivity (Wildman–Crippen MR) is 95.6 cm³/mol. The third-order valence-corrected chi connectivity index (χ3v) is 3.45. The number of hydrogen-bond acceptors (Lipinski definition) is 5. The molecule has 2 rings (SSSR count). The number of nitrogens with zero attached hydrogens (tertiary/aromatic N) is 2. The van der Waals surface area contributed by atoms with E-state index in [0.29, 0.717) is 22.4 Å². The molecule has 0 spiro atoms. The third kappa shape index (κ3) is 6.42. The van der Waals surface area contributed by atoms with E-state index in [1.165, 1.54) is 12.8 Å². The Bertz CT molecular complexity index is 632. The second kappa shape index (κ2) is 9.72. The van der Waals surface area contributed by atoms with E-state index in [2.05, 4.69) is 27.8 Å². The molecule has 0 atom stereocenters. The number of unbranched alkanes of at least 4 members (excludes halogenated alkanes) is 2. The van der Waals surface area contributed by atoms with Crippen LogP contribution >= 0.6 is 11.6 Å². The van der Waals surface area contributed by atoms with Gasteiger partial charge in [0.25, 0.3) is 5.91 Å². The van der Waals surface area contributed by atoms with Crippen molar-refractivity contribution in [2.45, 2.75) is 26.2 Å². The molecule has 0 unspecified atom stereocenters. The highest BCUT2D eigenvalue weighted by atomic mass is 35.5. The zero-order chi connectivity index (χ0) is 17.2. The fourth-order valence-corrected chi connectivity index (χ4v) is 2.07. The van der Waals surface area contributed by atoms with Gasteiger partial charge in [-0.1, -0.05) is 31.4 Å². The molecule has 7 heteroatoms. The number of carbonyl (C=O) groups is 1. The molecule has 1 amide bonds. The van der Waals surface area contributed by atoms with Gasteiger partial charge in [0.1, 0.15) is 11.6 Å². The van der Waals surface area contributed by atoms with Gasteiger partial charge in [-0.3, -0.25) is 4.79 Å². The lowest BCUT2D eigenvalue weighted by Gasteiger charge is -2.08. The van der Waals surface area contributed by atoms with Gasteiger partial charge in [-0.2, -0.15) is 0 Å². The highest BCUT2D eigenvalue weighted by Gasteiger charge is 2.05. The number of hydrogen-bond donors (Lipinski definition) is 2. The van der Waals surface area contributed by atoms with Gasteiger partial charge >= 0.3 is 0 Å². The van der Waals surface area contributed by atoms with Crippen molar-refractivity contribution in [2.75, 3.05) is 23.8 Å². The summed E-state index contributed by atoms with van der Waals surface area (Å²) in [4.78, 5) is 11.8. The Morgan fingerprint density at radius 2 is 1.79 bits per heavy atom. The average molecular weight is 349 g/mol. The summed E-state index contributed by atoms with van der Waals surface area (Å²) in [5.41, 5.74) is 0. The number of carbonyl (C=O) groups excluding carboxylic acids is 1. The molecule has 0 saturated heterocycles. The first kappa shape index (κ1) is 18.0. The topological polar surface area (TPSA) is 76.1 Å². The summed E-state index contributed by atoms with van der Waals surface area (Å²) in [5, 5.41) is 14.4. The lowest BCUT2D eigenvalue weighted by Crippen LogP contribution is -2.21. The van der Waals surface area contributed by atoms with E-state index in [4.69, 9.17) is 16.3 Å². The minimum atomic E-state index is -0.303. The lowest BCUT2D eigenvalue weighted by molar-refractivity contribution is -0.118. The molecule has 6 nitrogen and oxygen atoms in total. The van der Waals surface area contributed by atoms with Crippen molar-refractivity contribution < 1.29 is 9.53 Å². The molecule has 1 aromatic heterocycles. The number of ether oxygens (including phenoxy) is 1. The van der Waals surface area contributed by atoms with Gasteiger partial charge in [-0.05, 0) is 42.8 Å². The summed E-state index contributed by atoms with van der Waals surface area (Å²) in [6.45, 7) is 2.91. The van der Waals surface area contributed by atoms with Crippen molar-refractivity contribution in [1.29, 1.82) is 0 Å². The third-order valence-electron chi connectivity index (χ3n) is 3.20. The first-order chi connectivity index (χ1) is 11.7. The number of anilines is 2. The number of benzene rings is 1. The molecule has 0 fully saturated rings. The van der Waals surface area contributed by atoms with Crippen molar-refractivity contribution >= 4 is 29.1 Å². The maximum atomic E-state index is 11.8. The van der Waals surface area contributed by atoms with Crippen LogP contribution in [0.15, 0.2) is 36.4 Å². The van der Waals surface area contributed by atoms with Crippen LogP contribution in [-0.2, 0) is 4.79 Å². The Morgan fingerprint density at radius 3 is 2.46 bits per heavy atom. The van der Waals surface area contributed by atoms with E-state index in [1.54, 1.807) is 36.4 Å². The van der Waals surface area contributed by atoms with Gasteiger partial charge < -0.3 is 15.4 Å². The SMILES string of the molecule is CCCCCNc1ccc(NC(=O)COc2ccc(Cl)cc2)nn1. The standard InChI is InChI=1S/C17H21ClN4O2/c1-2-3-4-11-19-15-9-10-16(22-21-15)20-17(23)12-24-14-7-5-13(18)6-8-14/h5-10H,2-4,11-12H2,1H3,(H,19,21)(H,20,22,23). The molecule has 2 aromatic rings. The van der Waals surface area contributed by atoms with E-state index in [-0.39, 0.29) is 12.5 Å². The Hall–Kier alpha value is -2.34. The van der Waals surface area contributed by atoms with Crippen LogP contribution in [0.25, 0.3) is 0 Å². The van der Waals surface area contributed by atoms with Gasteiger partial charge in [0, 0.05) is 11.6 Å². The molecular formula is C17H21ClN4O2. The molecular weight excluding hydrogens is 328 g/mol. The van der Waals surface area contributed by atoms with E-state index in [9.17, 15) is 4.79 Å². The number of amides is 1. The van der Waals surface area contributed by atoms with Crippen molar-refractivity contribution in [3.05, 3.63) is 41.4 Å². The zero-order valence-corrected chi connectivity index (χ0v) is 14.3. The first-order valence-electron chi connectivity index (χ1n) is 7.93. The van der Waals surface area contributed by atoms with E-state index in [1.807, 2.05) is 0 Å². The zero-order valence-electron chi connectivity index (χ0n) is 13.6. The summed E-state index contributed by atoms with van der Waals surface area (Å²) in [6.07, 6.45) is 3.46. The molecule has 0 aliphatic heterocycles. The number of halogens is 1. The molecule has 2 N–H and O–H groups in total. The van der Waals surface area contributed by atoms with Gasteiger partial charge in [0.05, 0.1) is 0 Å². The molecule has 24 heavy (non-hydrogen) atoms. The number of aromatic nitrogens is 2. The van der Waals surface area contributed by atoms with E-state index in [0.717, 1.165) is 13.0 Å². The summed E-state index contributed by atoms with van der Waals surface area (Å²) >= 11 is 5.79. The molecule has 0 aliphatic carbocycles. The molecule has 1 aromatic carbocycles. The van der Waals surface area contributed by atoms with E-state index < -0.39 is 0 Å². The van der Waals surface area contributed by atoms with Gasteiger partial charge in [0.2, 0.25) is 0 Å². The first-order valence-corrected chi connectivity index (χ1v) is 8.31. The van der Waals surface area contributed by atoms with Crippen LogP contribution < -0.4 is 15.4 Å².